The van der Waals surface area contributed by atoms with Crippen LogP contribution in [-0.2, 0) is 26.2 Å². The topological polar surface area (TPSA) is 105 Å². The van der Waals surface area contributed by atoms with E-state index in [4.69, 9.17) is 9.47 Å². The Labute approximate surface area is 243 Å². The monoisotopic (exact) mass is 581 g/mol. The van der Waals surface area contributed by atoms with Crippen molar-refractivity contribution in [3.8, 4) is 11.5 Å². The zero-order chi connectivity index (χ0) is 30.2. The van der Waals surface area contributed by atoms with Crippen LogP contribution in [0.3, 0.4) is 0 Å². The van der Waals surface area contributed by atoms with Crippen LogP contribution in [0.15, 0.2) is 77.7 Å². The van der Waals surface area contributed by atoms with Crippen LogP contribution in [0.2, 0.25) is 0 Å². The Hall–Kier alpha value is -4.05. The van der Waals surface area contributed by atoms with E-state index in [1.54, 1.807) is 30.3 Å². The molecule has 0 saturated heterocycles. The number of ether oxygens (including phenoxy) is 2. The molecule has 0 aromatic heterocycles. The van der Waals surface area contributed by atoms with E-state index in [0.29, 0.717) is 17.9 Å². The fourth-order valence-electron chi connectivity index (χ4n) is 4.54. The first-order valence-corrected chi connectivity index (χ1v) is 14.9. The smallest absolute Gasteiger partial charge is 0.264 e. The van der Waals surface area contributed by atoms with Crippen LogP contribution in [0, 0.1) is 6.92 Å². The standard InChI is InChI=1S/C31H39N3O6S/c1-7-27(31(36)32-22(2)3)33(20-24-13-11-12-23(4)18-24)30(35)21-34(41(37,38)26-14-9-8-10-15-26)25-16-17-28(39-5)29(19-25)40-6/h8-19,22,27H,7,20-21H2,1-6H3,(H,32,36)/t27-/m1/s1. The highest BCUT2D eigenvalue weighted by atomic mass is 32.2. The number of benzene rings is 3. The van der Waals surface area contributed by atoms with Gasteiger partial charge in [-0.05, 0) is 57.0 Å². The number of hydrogen-bond donors (Lipinski definition) is 1. The summed E-state index contributed by atoms with van der Waals surface area (Å²) in [5.74, 6) is -0.0965. The zero-order valence-corrected chi connectivity index (χ0v) is 25.3. The largest absolute Gasteiger partial charge is 0.493 e. The van der Waals surface area contributed by atoms with Crippen molar-refractivity contribution in [2.24, 2.45) is 0 Å². The summed E-state index contributed by atoms with van der Waals surface area (Å²) in [5.41, 5.74) is 2.06. The van der Waals surface area contributed by atoms with Crippen LogP contribution in [0.4, 0.5) is 5.69 Å². The molecule has 0 aliphatic rings. The summed E-state index contributed by atoms with van der Waals surface area (Å²) in [6.45, 7) is 7.07. The number of nitrogens with zero attached hydrogens (tertiary/aromatic N) is 2. The first-order chi connectivity index (χ1) is 19.5. The number of hydrogen-bond acceptors (Lipinski definition) is 6. The van der Waals surface area contributed by atoms with Crippen molar-refractivity contribution in [1.29, 1.82) is 0 Å². The molecule has 3 rings (SSSR count). The molecule has 0 fully saturated rings. The molecular formula is C31H39N3O6S. The fourth-order valence-corrected chi connectivity index (χ4v) is 5.96. The summed E-state index contributed by atoms with van der Waals surface area (Å²) in [4.78, 5) is 28.9. The van der Waals surface area contributed by atoms with Crippen molar-refractivity contribution < 1.29 is 27.5 Å². The Bertz CT molecular complexity index is 1440. The Morgan fingerprint density at radius 2 is 1.59 bits per heavy atom. The minimum atomic E-state index is -4.19. The fraction of sp³-hybridized carbons (Fsp3) is 0.355. The van der Waals surface area contributed by atoms with Gasteiger partial charge in [0.05, 0.1) is 24.8 Å². The molecule has 3 aromatic rings. The lowest BCUT2D eigenvalue weighted by Gasteiger charge is -2.33. The molecule has 0 spiro atoms. The first kappa shape index (κ1) is 31.5. The van der Waals surface area contributed by atoms with Crippen molar-refractivity contribution >= 4 is 27.5 Å². The molecule has 0 aliphatic carbocycles. The summed E-state index contributed by atoms with van der Waals surface area (Å²) in [6, 6.07) is 19.3. The zero-order valence-electron chi connectivity index (χ0n) is 24.5. The van der Waals surface area contributed by atoms with E-state index in [1.807, 2.05) is 52.0 Å². The van der Waals surface area contributed by atoms with E-state index in [9.17, 15) is 18.0 Å². The van der Waals surface area contributed by atoms with E-state index >= 15 is 0 Å². The molecule has 0 unspecified atom stereocenters. The van der Waals surface area contributed by atoms with E-state index < -0.39 is 28.5 Å². The highest BCUT2D eigenvalue weighted by Gasteiger charge is 2.34. The van der Waals surface area contributed by atoms with Crippen LogP contribution >= 0.6 is 0 Å². The summed E-state index contributed by atoms with van der Waals surface area (Å²) >= 11 is 0. The van der Waals surface area contributed by atoms with Crippen LogP contribution in [0.25, 0.3) is 0 Å². The third-order valence-electron chi connectivity index (χ3n) is 6.52. The van der Waals surface area contributed by atoms with Crippen molar-refractivity contribution in [2.75, 3.05) is 25.1 Å². The molecule has 10 heteroatoms. The van der Waals surface area contributed by atoms with Gasteiger partial charge in [0.2, 0.25) is 11.8 Å². The lowest BCUT2D eigenvalue weighted by Crippen LogP contribution is -2.53. The number of aryl methyl sites for hydroxylation is 1. The van der Waals surface area contributed by atoms with Gasteiger partial charge < -0.3 is 19.7 Å². The average molecular weight is 582 g/mol. The van der Waals surface area contributed by atoms with Gasteiger partial charge in [0, 0.05) is 18.7 Å². The maximum atomic E-state index is 14.1. The van der Waals surface area contributed by atoms with Gasteiger partial charge >= 0.3 is 0 Å². The lowest BCUT2D eigenvalue weighted by molar-refractivity contribution is -0.140. The second kappa shape index (κ2) is 14.0. The molecule has 3 aromatic carbocycles. The van der Waals surface area contributed by atoms with Gasteiger partial charge in [0.1, 0.15) is 12.6 Å². The number of nitrogens with one attached hydrogen (secondary N) is 1. The second-order valence-corrected chi connectivity index (χ2v) is 11.8. The highest BCUT2D eigenvalue weighted by Crippen LogP contribution is 2.34. The number of anilines is 1. The van der Waals surface area contributed by atoms with Gasteiger partial charge in [-0.25, -0.2) is 8.42 Å². The predicted octanol–water partition coefficient (Wildman–Crippen LogP) is 4.54. The second-order valence-electron chi connectivity index (χ2n) is 9.96. The van der Waals surface area contributed by atoms with Crippen LogP contribution in [-0.4, -0.2) is 58.0 Å². The van der Waals surface area contributed by atoms with Crippen LogP contribution < -0.4 is 19.1 Å². The quantitative estimate of drug-likeness (QED) is 0.318. The van der Waals surface area contributed by atoms with Gasteiger partial charge in [-0.15, -0.1) is 0 Å². The van der Waals surface area contributed by atoms with E-state index in [1.165, 1.54) is 37.3 Å². The summed E-state index contributed by atoms with van der Waals surface area (Å²) in [6.07, 6.45) is 0.345. The average Bonchev–Trinajstić information content (AvgIpc) is 2.95. The highest BCUT2D eigenvalue weighted by molar-refractivity contribution is 7.92. The van der Waals surface area contributed by atoms with Crippen molar-refractivity contribution in [3.05, 3.63) is 83.9 Å². The number of amides is 2. The molecule has 1 atom stereocenters. The van der Waals surface area contributed by atoms with Gasteiger partial charge in [0.15, 0.2) is 11.5 Å². The minimum Gasteiger partial charge on any atom is -0.493 e. The molecule has 41 heavy (non-hydrogen) atoms. The third kappa shape index (κ3) is 7.79. The maximum Gasteiger partial charge on any atom is 0.264 e. The Morgan fingerprint density at radius 3 is 2.17 bits per heavy atom. The third-order valence-corrected chi connectivity index (χ3v) is 8.31. The lowest BCUT2D eigenvalue weighted by atomic mass is 10.1. The molecule has 0 bridgehead atoms. The summed E-state index contributed by atoms with van der Waals surface area (Å²) < 4.78 is 39.7. The van der Waals surface area contributed by atoms with Crippen LogP contribution in [0.5, 0.6) is 11.5 Å². The van der Waals surface area contributed by atoms with Crippen molar-refractivity contribution in [1.82, 2.24) is 10.2 Å². The summed E-state index contributed by atoms with van der Waals surface area (Å²) in [5, 5.41) is 2.90. The predicted molar refractivity (Wildman–Crippen MR) is 160 cm³/mol. The van der Waals surface area contributed by atoms with Crippen molar-refractivity contribution in [2.45, 2.75) is 57.6 Å². The minimum absolute atomic E-state index is 0.0254. The molecule has 0 saturated carbocycles. The van der Waals surface area contributed by atoms with E-state index in [-0.39, 0.29) is 29.1 Å². The molecule has 0 aliphatic heterocycles. The number of carbonyl (C=O) groups is 2. The Morgan fingerprint density at radius 1 is 0.902 bits per heavy atom. The number of rotatable bonds is 13. The van der Waals surface area contributed by atoms with Crippen LogP contribution in [0.1, 0.15) is 38.3 Å². The van der Waals surface area contributed by atoms with Crippen molar-refractivity contribution in [3.63, 3.8) is 0 Å². The summed E-state index contributed by atoms with van der Waals surface area (Å²) in [7, 11) is -1.26. The molecule has 220 valence electrons. The molecular weight excluding hydrogens is 542 g/mol. The normalized spacial score (nSPS) is 12.0. The van der Waals surface area contributed by atoms with Gasteiger partial charge in [-0.2, -0.15) is 0 Å². The first-order valence-electron chi connectivity index (χ1n) is 13.5. The van der Waals surface area contributed by atoms with Gasteiger partial charge in [-0.3, -0.25) is 13.9 Å². The SMILES string of the molecule is CC[C@H](C(=O)NC(C)C)N(Cc1cccc(C)c1)C(=O)CN(c1ccc(OC)c(OC)c1)S(=O)(=O)c1ccccc1. The van der Waals surface area contributed by atoms with E-state index in [2.05, 4.69) is 5.32 Å². The van der Waals surface area contributed by atoms with Gasteiger partial charge in [-0.1, -0.05) is 55.0 Å². The molecule has 2 amide bonds. The Kier molecular flexibility index (Phi) is 10.8. The molecule has 9 nitrogen and oxygen atoms in total. The maximum absolute atomic E-state index is 14.1. The van der Waals surface area contributed by atoms with Gasteiger partial charge in [0.25, 0.3) is 10.0 Å². The molecule has 1 N–H and O–H groups in total. The molecule has 0 heterocycles. The van der Waals surface area contributed by atoms with E-state index in [0.717, 1.165) is 15.4 Å². The number of methoxy groups -OCH3 is 2. The number of carbonyl (C=O) groups excluding carboxylic acids is 2. The number of sulfonamides is 1. The molecule has 0 radical (unpaired) electrons. The Balaban J connectivity index is 2.11.